The summed E-state index contributed by atoms with van der Waals surface area (Å²) in [5, 5.41) is 13.2. The third-order valence-corrected chi connectivity index (χ3v) is 3.63. The SMILES string of the molecule is Cn1cc(-c2ccc3c(c2)CCC3)c(CC(=O)O)n1. The zero-order valence-electron chi connectivity index (χ0n) is 10.9. The van der Waals surface area contributed by atoms with Crippen molar-refractivity contribution in [2.45, 2.75) is 25.7 Å². The monoisotopic (exact) mass is 256 g/mol. The molecule has 19 heavy (non-hydrogen) atoms. The Hall–Kier alpha value is -2.10. The molecule has 0 amide bonds. The number of carboxylic acids is 1. The van der Waals surface area contributed by atoms with Crippen LogP contribution in [0.15, 0.2) is 24.4 Å². The molecule has 0 spiro atoms. The number of aliphatic carboxylic acids is 1. The Morgan fingerprint density at radius 3 is 2.95 bits per heavy atom. The van der Waals surface area contributed by atoms with Crippen LogP contribution in [0.2, 0.25) is 0 Å². The van der Waals surface area contributed by atoms with Crippen molar-refractivity contribution >= 4 is 5.97 Å². The number of rotatable bonds is 3. The van der Waals surface area contributed by atoms with Crippen LogP contribution in [0, 0.1) is 0 Å². The topological polar surface area (TPSA) is 55.1 Å². The zero-order valence-corrected chi connectivity index (χ0v) is 10.9. The molecule has 1 aromatic carbocycles. The number of carboxylic acid groups (broad SMARTS) is 1. The van der Waals surface area contributed by atoms with Crippen LogP contribution in [0.25, 0.3) is 11.1 Å². The molecule has 0 saturated heterocycles. The molecule has 0 atom stereocenters. The van der Waals surface area contributed by atoms with E-state index in [0.29, 0.717) is 5.69 Å². The summed E-state index contributed by atoms with van der Waals surface area (Å²) in [5.41, 5.74) is 5.45. The van der Waals surface area contributed by atoms with E-state index in [1.165, 1.54) is 17.5 Å². The largest absolute Gasteiger partial charge is 0.481 e. The molecule has 1 heterocycles. The second kappa shape index (κ2) is 4.53. The Bertz CT molecular complexity index is 644. The molecule has 1 aliphatic carbocycles. The highest BCUT2D eigenvalue weighted by Gasteiger charge is 2.16. The van der Waals surface area contributed by atoms with Crippen LogP contribution in [0.4, 0.5) is 0 Å². The van der Waals surface area contributed by atoms with Crippen LogP contribution >= 0.6 is 0 Å². The molecular weight excluding hydrogens is 240 g/mol. The van der Waals surface area contributed by atoms with Gasteiger partial charge in [0.1, 0.15) is 0 Å². The van der Waals surface area contributed by atoms with Crippen molar-refractivity contribution in [3.63, 3.8) is 0 Å². The molecule has 0 radical (unpaired) electrons. The minimum atomic E-state index is -0.846. The van der Waals surface area contributed by atoms with Gasteiger partial charge < -0.3 is 5.11 Å². The second-order valence-electron chi connectivity index (χ2n) is 5.07. The van der Waals surface area contributed by atoms with Gasteiger partial charge in [-0.25, -0.2) is 0 Å². The lowest BCUT2D eigenvalue weighted by molar-refractivity contribution is -0.136. The smallest absolute Gasteiger partial charge is 0.309 e. The number of hydrogen-bond acceptors (Lipinski definition) is 2. The third-order valence-electron chi connectivity index (χ3n) is 3.63. The van der Waals surface area contributed by atoms with E-state index in [2.05, 4.69) is 23.3 Å². The van der Waals surface area contributed by atoms with Crippen molar-refractivity contribution in [3.8, 4) is 11.1 Å². The summed E-state index contributed by atoms with van der Waals surface area (Å²) in [4.78, 5) is 10.9. The second-order valence-corrected chi connectivity index (χ2v) is 5.07. The van der Waals surface area contributed by atoms with Crippen molar-refractivity contribution in [3.05, 3.63) is 41.2 Å². The van der Waals surface area contributed by atoms with Gasteiger partial charge in [0.05, 0.1) is 12.1 Å². The number of nitrogens with zero attached hydrogens (tertiary/aromatic N) is 2. The van der Waals surface area contributed by atoms with E-state index < -0.39 is 5.97 Å². The highest BCUT2D eigenvalue weighted by atomic mass is 16.4. The Kier molecular flexibility index (Phi) is 2.85. The molecule has 4 heteroatoms. The van der Waals surface area contributed by atoms with Crippen LogP contribution in [0.5, 0.6) is 0 Å². The predicted molar refractivity (Wildman–Crippen MR) is 72.0 cm³/mol. The van der Waals surface area contributed by atoms with Crippen molar-refractivity contribution in [2.24, 2.45) is 7.05 Å². The minimum Gasteiger partial charge on any atom is -0.481 e. The van der Waals surface area contributed by atoms with E-state index in [4.69, 9.17) is 5.11 Å². The Labute approximate surface area is 111 Å². The number of hydrogen-bond donors (Lipinski definition) is 1. The lowest BCUT2D eigenvalue weighted by Gasteiger charge is -2.04. The summed E-state index contributed by atoms with van der Waals surface area (Å²) in [7, 11) is 1.82. The van der Waals surface area contributed by atoms with E-state index in [-0.39, 0.29) is 6.42 Å². The number of carbonyl (C=O) groups is 1. The van der Waals surface area contributed by atoms with Gasteiger partial charge in [0.2, 0.25) is 0 Å². The number of benzene rings is 1. The van der Waals surface area contributed by atoms with E-state index in [1.807, 2.05) is 13.2 Å². The van der Waals surface area contributed by atoms with Crippen LogP contribution < -0.4 is 0 Å². The maximum atomic E-state index is 10.9. The van der Waals surface area contributed by atoms with E-state index in [9.17, 15) is 4.79 Å². The number of aromatic nitrogens is 2. The molecule has 4 nitrogen and oxygen atoms in total. The average molecular weight is 256 g/mol. The van der Waals surface area contributed by atoms with E-state index in [0.717, 1.165) is 24.0 Å². The lowest BCUT2D eigenvalue weighted by atomic mass is 10.00. The molecule has 0 fully saturated rings. The van der Waals surface area contributed by atoms with Gasteiger partial charge >= 0.3 is 5.97 Å². The fourth-order valence-corrected chi connectivity index (χ4v) is 2.79. The van der Waals surface area contributed by atoms with Gasteiger partial charge in [-0.15, -0.1) is 0 Å². The quantitative estimate of drug-likeness (QED) is 0.916. The lowest BCUT2D eigenvalue weighted by Crippen LogP contribution is -2.02. The highest BCUT2D eigenvalue weighted by Crippen LogP contribution is 2.29. The van der Waals surface area contributed by atoms with Crippen molar-refractivity contribution < 1.29 is 9.90 Å². The van der Waals surface area contributed by atoms with Gasteiger partial charge in [0.15, 0.2) is 0 Å². The molecule has 0 unspecified atom stereocenters. The first-order chi connectivity index (χ1) is 9.13. The van der Waals surface area contributed by atoms with Crippen LogP contribution in [0.3, 0.4) is 0 Å². The summed E-state index contributed by atoms with van der Waals surface area (Å²) in [6, 6.07) is 6.42. The first-order valence-electron chi connectivity index (χ1n) is 6.50. The Morgan fingerprint density at radius 1 is 1.37 bits per heavy atom. The first-order valence-corrected chi connectivity index (χ1v) is 6.50. The molecule has 3 rings (SSSR count). The van der Waals surface area contributed by atoms with Crippen molar-refractivity contribution in [1.82, 2.24) is 9.78 Å². The Balaban J connectivity index is 2.04. The number of fused-ring (bicyclic) bond motifs is 1. The zero-order chi connectivity index (χ0) is 13.4. The normalized spacial score (nSPS) is 13.5. The summed E-state index contributed by atoms with van der Waals surface area (Å²) in [5.74, 6) is -0.846. The van der Waals surface area contributed by atoms with Gasteiger partial charge in [-0.05, 0) is 36.0 Å². The minimum absolute atomic E-state index is 0.0345. The van der Waals surface area contributed by atoms with Gasteiger partial charge in [-0.1, -0.05) is 18.2 Å². The van der Waals surface area contributed by atoms with E-state index >= 15 is 0 Å². The molecule has 0 aliphatic heterocycles. The van der Waals surface area contributed by atoms with E-state index in [1.54, 1.807) is 4.68 Å². The molecule has 98 valence electrons. The van der Waals surface area contributed by atoms with Gasteiger partial charge in [-0.2, -0.15) is 5.10 Å². The average Bonchev–Trinajstić information content (AvgIpc) is 2.93. The fraction of sp³-hybridized carbons (Fsp3) is 0.333. The van der Waals surface area contributed by atoms with Crippen LogP contribution in [-0.2, 0) is 31.1 Å². The molecule has 0 bridgehead atoms. The summed E-state index contributed by atoms with van der Waals surface area (Å²) < 4.78 is 1.68. The first kappa shape index (κ1) is 12.0. The highest BCUT2D eigenvalue weighted by molar-refractivity contribution is 5.75. The predicted octanol–water partition coefficient (Wildman–Crippen LogP) is 2.20. The molecule has 1 aliphatic rings. The van der Waals surface area contributed by atoms with Gasteiger partial charge in [-0.3, -0.25) is 9.48 Å². The molecule has 2 aromatic rings. The number of aryl methyl sites for hydroxylation is 3. The maximum absolute atomic E-state index is 10.9. The van der Waals surface area contributed by atoms with Crippen LogP contribution in [0.1, 0.15) is 23.2 Å². The Morgan fingerprint density at radius 2 is 2.16 bits per heavy atom. The fourth-order valence-electron chi connectivity index (χ4n) is 2.79. The van der Waals surface area contributed by atoms with Gasteiger partial charge in [0, 0.05) is 18.8 Å². The van der Waals surface area contributed by atoms with Crippen molar-refractivity contribution in [1.29, 1.82) is 0 Å². The third kappa shape index (κ3) is 2.26. The van der Waals surface area contributed by atoms with Crippen molar-refractivity contribution in [2.75, 3.05) is 0 Å². The van der Waals surface area contributed by atoms with Gasteiger partial charge in [0.25, 0.3) is 0 Å². The summed E-state index contributed by atoms with van der Waals surface area (Å²) in [6.07, 6.45) is 5.36. The molecule has 1 aromatic heterocycles. The maximum Gasteiger partial charge on any atom is 0.309 e. The summed E-state index contributed by atoms with van der Waals surface area (Å²) in [6.45, 7) is 0. The summed E-state index contributed by atoms with van der Waals surface area (Å²) >= 11 is 0. The molecule has 1 N–H and O–H groups in total. The standard InChI is InChI=1S/C15H16N2O2/c1-17-9-13(14(16-17)8-15(18)19)12-6-5-10-3-2-4-11(10)7-12/h5-7,9H,2-4,8H2,1H3,(H,18,19). The van der Waals surface area contributed by atoms with Crippen LogP contribution in [-0.4, -0.2) is 20.9 Å². The molecular formula is C15H16N2O2. The molecule has 0 saturated carbocycles.